The molecule has 0 spiro atoms. The van der Waals surface area contributed by atoms with Crippen LogP contribution < -0.4 is 10.6 Å². The number of piperidine rings is 1. The lowest BCUT2D eigenvalue weighted by Gasteiger charge is -2.25. The first-order valence-electron chi connectivity index (χ1n) is 6.52. The van der Waals surface area contributed by atoms with E-state index in [1.165, 1.54) is 18.4 Å². The van der Waals surface area contributed by atoms with Gasteiger partial charge in [0.25, 0.3) is 0 Å². The van der Waals surface area contributed by atoms with Crippen molar-refractivity contribution in [3.8, 4) is 0 Å². The van der Waals surface area contributed by atoms with E-state index in [1.54, 1.807) is 0 Å². The number of hydrogen-bond donors (Lipinski definition) is 2. The number of nitrogens with zero attached hydrogens (tertiary/aromatic N) is 2. The molecule has 1 aliphatic rings. The monoisotopic (exact) mass is 234 g/mol. The summed E-state index contributed by atoms with van der Waals surface area (Å²) in [5.74, 6) is 1.90. The van der Waals surface area contributed by atoms with Gasteiger partial charge in [0.15, 0.2) is 0 Å². The summed E-state index contributed by atoms with van der Waals surface area (Å²) in [4.78, 5) is 8.99. The van der Waals surface area contributed by atoms with Crippen molar-refractivity contribution in [2.45, 2.75) is 46.1 Å². The van der Waals surface area contributed by atoms with Crippen LogP contribution in [0.25, 0.3) is 0 Å². The summed E-state index contributed by atoms with van der Waals surface area (Å²) in [6, 6.07) is 0.551. The quantitative estimate of drug-likeness (QED) is 0.837. The molecule has 2 rings (SSSR count). The minimum atomic E-state index is 0.551. The van der Waals surface area contributed by atoms with Crippen LogP contribution >= 0.6 is 0 Å². The van der Waals surface area contributed by atoms with Crippen molar-refractivity contribution < 1.29 is 0 Å². The van der Waals surface area contributed by atoms with Crippen LogP contribution in [-0.2, 0) is 6.42 Å². The summed E-state index contributed by atoms with van der Waals surface area (Å²) < 4.78 is 0. The average molecular weight is 234 g/mol. The Morgan fingerprint density at radius 1 is 1.24 bits per heavy atom. The third-order valence-corrected chi connectivity index (χ3v) is 3.36. The molecule has 0 aromatic carbocycles. The lowest BCUT2D eigenvalue weighted by atomic mass is 10.1. The van der Waals surface area contributed by atoms with E-state index in [-0.39, 0.29) is 0 Å². The molecule has 4 heteroatoms. The normalized spacial score (nSPS) is 17.1. The number of aryl methyl sites for hydroxylation is 2. The van der Waals surface area contributed by atoms with Gasteiger partial charge in [0.05, 0.1) is 0 Å². The SMILES string of the molecule is CCc1c(C)nc(C)nc1NC1CCNCC1. The second-order valence-corrected chi connectivity index (χ2v) is 4.71. The number of rotatable bonds is 3. The van der Waals surface area contributed by atoms with E-state index in [2.05, 4.69) is 34.4 Å². The largest absolute Gasteiger partial charge is 0.367 e. The Balaban J connectivity index is 2.18. The van der Waals surface area contributed by atoms with Gasteiger partial charge in [-0.05, 0) is 46.2 Å². The molecule has 0 bridgehead atoms. The second-order valence-electron chi connectivity index (χ2n) is 4.71. The van der Waals surface area contributed by atoms with E-state index in [1.807, 2.05) is 6.92 Å². The smallest absolute Gasteiger partial charge is 0.133 e. The third-order valence-electron chi connectivity index (χ3n) is 3.36. The molecule has 0 saturated carbocycles. The first-order valence-corrected chi connectivity index (χ1v) is 6.52. The maximum atomic E-state index is 4.56. The zero-order valence-electron chi connectivity index (χ0n) is 11.0. The molecule has 1 saturated heterocycles. The highest BCUT2D eigenvalue weighted by molar-refractivity contribution is 5.47. The van der Waals surface area contributed by atoms with Crippen molar-refractivity contribution in [2.75, 3.05) is 18.4 Å². The van der Waals surface area contributed by atoms with Crippen molar-refractivity contribution in [3.05, 3.63) is 17.1 Å². The van der Waals surface area contributed by atoms with Crippen molar-refractivity contribution in [2.24, 2.45) is 0 Å². The maximum absolute atomic E-state index is 4.56. The molecular weight excluding hydrogens is 212 g/mol. The summed E-state index contributed by atoms with van der Waals surface area (Å²) >= 11 is 0. The maximum Gasteiger partial charge on any atom is 0.133 e. The van der Waals surface area contributed by atoms with E-state index in [0.29, 0.717) is 6.04 Å². The third kappa shape index (κ3) is 2.94. The Bertz CT molecular complexity index is 383. The first-order chi connectivity index (χ1) is 8.20. The number of nitrogens with one attached hydrogen (secondary N) is 2. The van der Waals surface area contributed by atoms with Crippen molar-refractivity contribution in [1.29, 1.82) is 0 Å². The lowest BCUT2D eigenvalue weighted by Crippen LogP contribution is -2.35. The fourth-order valence-electron chi connectivity index (χ4n) is 2.44. The van der Waals surface area contributed by atoms with E-state index >= 15 is 0 Å². The Morgan fingerprint density at radius 3 is 2.59 bits per heavy atom. The minimum Gasteiger partial charge on any atom is -0.367 e. The Labute approximate surface area is 103 Å². The van der Waals surface area contributed by atoms with Crippen LogP contribution in [-0.4, -0.2) is 29.1 Å². The molecular formula is C13H22N4. The van der Waals surface area contributed by atoms with Gasteiger partial charge in [-0.3, -0.25) is 0 Å². The zero-order valence-corrected chi connectivity index (χ0v) is 11.0. The van der Waals surface area contributed by atoms with Gasteiger partial charge >= 0.3 is 0 Å². The van der Waals surface area contributed by atoms with Crippen LogP contribution in [0.2, 0.25) is 0 Å². The molecule has 0 unspecified atom stereocenters. The molecule has 4 nitrogen and oxygen atoms in total. The topological polar surface area (TPSA) is 49.8 Å². The summed E-state index contributed by atoms with van der Waals surface area (Å²) in [5.41, 5.74) is 2.37. The van der Waals surface area contributed by atoms with Gasteiger partial charge in [0, 0.05) is 17.3 Å². The number of anilines is 1. The highest BCUT2D eigenvalue weighted by Gasteiger charge is 2.16. The van der Waals surface area contributed by atoms with Gasteiger partial charge in [0.1, 0.15) is 11.6 Å². The molecule has 2 heterocycles. The van der Waals surface area contributed by atoms with E-state index in [9.17, 15) is 0 Å². The van der Waals surface area contributed by atoms with Crippen LogP contribution in [0.4, 0.5) is 5.82 Å². The van der Waals surface area contributed by atoms with Crippen LogP contribution in [0.1, 0.15) is 36.8 Å². The van der Waals surface area contributed by atoms with Crippen molar-refractivity contribution in [3.63, 3.8) is 0 Å². The molecule has 0 aliphatic carbocycles. The molecule has 1 aliphatic heterocycles. The second kappa shape index (κ2) is 5.45. The van der Waals surface area contributed by atoms with Crippen molar-refractivity contribution >= 4 is 5.82 Å². The van der Waals surface area contributed by atoms with Crippen LogP contribution in [0.5, 0.6) is 0 Å². The number of aromatic nitrogens is 2. The molecule has 0 atom stereocenters. The molecule has 1 aromatic heterocycles. The van der Waals surface area contributed by atoms with Gasteiger partial charge in [-0.15, -0.1) is 0 Å². The van der Waals surface area contributed by atoms with E-state index in [0.717, 1.165) is 36.8 Å². The molecule has 17 heavy (non-hydrogen) atoms. The molecule has 1 fully saturated rings. The van der Waals surface area contributed by atoms with Crippen LogP contribution in [0.3, 0.4) is 0 Å². The number of hydrogen-bond acceptors (Lipinski definition) is 4. The van der Waals surface area contributed by atoms with Gasteiger partial charge in [-0.25, -0.2) is 9.97 Å². The van der Waals surface area contributed by atoms with Crippen LogP contribution in [0, 0.1) is 13.8 Å². The van der Waals surface area contributed by atoms with E-state index in [4.69, 9.17) is 0 Å². The van der Waals surface area contributed by atoms with Gasteiger partial charge in [-0.1, -0.05) is 6.92 Å². The highest BCUT2D eigenvalue weighted by Crippen LogP contribution is 2.19. The fraction of sp³-hybridized carbons (Fsp3) is 0.692. The van der Waals surface area contributed by atoms with Crippen LogP contribution in [0.15, 0.2) is 0 Å². The standard InChI is InChI=1S/C13H22N4/c1-4-12-9(2)15-10(3)16-13(12)17-11-5-7-14-8-6-11/h11,14H,4-8H2,1-3H3,(H,15,16,17). The molecule has 94 valence electrons. The van der Waals surface area contributed by atoms with Gasteiger partial charge < -0.3 is 10.6 Å². The predicted molar refractivity (Wildman–Crippen MR) is 70.4 cm³/mol. The first kappa shape index (κ1) is 12.3. The summed E-state index contributed by atoms with van der Waals surface area (Å²) in [6.45, 7) is 8.39. The summed E-state index contributed by atoms with van der Waals surface area (Å²) in [6.07, 6.45) is 3.33. The molecule has 0 amide bonds. The molecule has 1 aromatic rings. The Kier molecular flexibility index (Phi) is 3.94. The van der Waals surface area contributed by atoms with E-state index < -0.39 is 0 Å². The minimum absolute atomic E-state index is 0.551. The summed E-state index contributed by atoms with van der Waals surface area (Å²) in [5, 5.41) is 6.97. The summed E-state index contributed by atoms with van der Waals surface area (Å²) in [7, 11) is 0. The lowest BCUT2D eigenvalue weighted by molar-refractivity contribution is 0.477. The van der Waals surface area contributed by atoms with Crippen molar-refractivity contribution in [1.82, 2.24) is 15.3 Å². The van der Waals surface area contributed by atoms with Gasteiger partial charge in [0.2, 0.25) is 0 Å². The molecule has 0 radical (unpaired) electrons. The highest BCUT2D eigenvalue weighted by atomic mass is 15.1. The molecule has 2 N–H and O–H groups in total. The Hall–Kier alpha value is -1.16. The fourth-order valence-corrected chi connectivity index (χ4v) is 2.44. The zero-order chi connectivity index (χ0) is 12.3. The predicted octanol–water partition coefficient (Wildman–Crippen LogP) is 1.82. The average Bonchev–Trinajstić information content (AvgIpc) is 2.30. The van der Waals surface area contributed by atoms with Gasteiger partial charge in [-0.2, -0.15) is 0 Å². The Morgan fingerprint density at radius 2 is 1.94 bits per heavy atom.